The Bertz CT molecular complexity index is 1130. The van der Waals surface area contributed by atoms with Gasteiger partial charge in [-0.2, -0.15) is 8.42 Å². The predicted molar refractivity (Wildman–Crippen MR) is 106 cm³/mol. The van der Waals surface area contributed by atoms with E-state index >= 15 is 0 Å². The second kappa shape index (κ2) is 7.14. The Labute approximate surface area is 175 Å². The fourth-order valence-electron chi connectivity index (χ4n) is 2.62. The molecule has 6 nitrogen and oxygen atoms in total. The lowest BCUT2D eigenvalue weighted by Crippen LogP contribution is -2.40. The van der Waals surface area contributed by atoms with Gasteiger partial charge in [-0.05, 0) is 17.7 Å². The van der Waals surface area contributed by atoms with Gasteiger partial charge in [0.25, 0.3) is 0 Å². The molecule has 0 saturated heterocycles. The van der Waals surface area contributed by atoms with Gasteiger partial charge in [-0.25, -0.2) is 4.39 Å². The number of halogens is 2. The van der Waals surface area contributed by atoms with Crippen LogP contribution in [0.1, 0.15) is 11.1 Å². The highest BCUT2D eigenvalue weighted by Crippen LogP contribution is 2.39. The number of hydrogen-bond acceptors (Lipinski definition) is 6. The Morgan fingerprint density at radius 3 is 2.38 bits per heavy atom. The molecule has 1 unspecified atom stereocenters. The van der Waals surface area contributed by atoms with Gasteiger partial charge in [0.1, 0.15) is 5.82 Å². The minimum absolute atomic E-state index is 0.0201. The molecule has 1 aliphatic heterocycles. The summed E-state index contributed by atoms with van der Waals surface area (Å²) in [7, 11) is 12.5. The van der Waals surface area contributed by atoms with Gasteiger partial charge in [0.05, 0.1) is 20.2 Å². The third kappa shape index (κ3) is 3.53. The number of Topliss-reactive ketones (excluding diaryl/α,β-unsaturated/α-hetero) is 1. The maximum absolute atomic E-state index is 14.3. The second-order valence-corrected chi connectivity index (χ2v) is 8.37. The SMILES string of the molecule is [B]C1(c2ccc(Cl)cc2F)OC(N)=C(OS(=O)(=O)C([B])([B])c2ccccc2)C1=O. The summed E-state index contributed by atoms with van der Waals surface area (Å²) in [6.07, 6.45) is 0. The molecule has 2 aromatic carbocycles. The Morgan fingerprint density at radius 1 is 1.17 bits per heavy atom. The molecule has 0 aliphatic carbocycles. The van der Waals surface area contributed by atoms with Crippen molar-refractivity contribution < 1.29 is 26.5 Å². The molecule has 1 atom stereocenters. The van der Waals surface area contributed by atoms with Crippen LogP contribution in [0.25, 0.3) is 0 Å². The molecule has 0 saturated carbocycles. The van der Waals surface area contributed by atoms with Crippen molar-refractivity contribution in [3.8, 4) is 0 Å². The van der Waals surface area contributed by atoms with E-state index in [-0.39, 0.29) is 10.6 Å². The van der Waals surface area contributed by atoms with Crippen molar-refractivity contribution in [2.24, 2.45) is 5.73 Å². The van der Waals surface area contributed by atoms with Crippen LogP contribution in [0.2, 0.25) is 5.02 Å². The quantitative estimate of drug-likeness (QED) is 0.566. The van der Waals surface area contributed by atoms with E-state index in [1.54, 1.807) is 6.07 Å². The van der Waals surface area contributed by atoms with E-state index in [0.717, 1.165) is 12.1 Å². The number of rotatable bonds is 5. The molecular weight excluding hydrogens is 417 g/mol. The smallest absolute Gasteiger partial charge is 0.302 e. The van der Waals surface area contributed by atoms with Gasteiger partial charge in [-0.15, -0.1) is 0 Å². The Hall–Kier alpha value is -2.39. The Kier molecular flexibility index (Phi) is 5.25. The highest BCUT2D eigenvalue weighted by atomic mass is 35.5. The zero-order valence-corrected chi connectivity index (χ0v) is 16.2. The highest BCUT2D eigenvalue weighted by molar-refractivity contribution is 7.90. The Morgan fingerprint density at radius 2 is 1.79 bits per heavy atom. The molecule has 2 aromatic rings. The molecule has 3 rings (SSSR count). The van der Waals surface area contributed by atoms with Crippen LogP contribution in [0.3, 0.4) is 0 Å². The van der Waals surface area contributed by atoms with Gasteiger partial charge >= 0.3 is 10.1 Å². The summed E-state index contributed by atoms with van der Waals surface area (Å²) in [6, 6.07) is 10.6. The van der Waals surface area contributed by atoms with Crippen LogP contribution in [0, 0.1) is 5.82 Å². The van der Waals surface area contributed by atoms with E-state index in [9.17, 15) is 17.6 Å². The Balaban J connectivity index is 1.96. The van der Waals surface area contributed by atoms with Gasteiger partial charge < -0.3 is 14.7 Å². The normalized spacial score (nSPS) is 19.9. The molecule has 1 heterocycles. The molecule has 0 aromatic heterocycles. The number of hydrogen-bond donors (Lipinski definition) is 1. The monoisotopic (exact) mass is 427 g/mol. The number of carbonyl (C=O) groups excluding carboxylic acids is 1. The summed E-state index contributed by atoms with van der Waals surface area (Å²) < 4.78 is 46.9. The molecule has 0 fully saturated rings. The summed E-state index contributed by atoms with van der Waals surface area (Å²) in [5, 5.41) is 0.0409. The number of carbonyl (C=O) groups is 1. The van der Waals surface area contributed by atoms with Crippen molar-refractivity contribution in [2.45, 2.75) is 10.0 Å². The van der Waals surface area contributed by atoms with Crippen LogP contribution in [0.4, 0.5) is 4.39 Å². The van der Waals surface area contributed by atoms with Crippen molar-refractivity contribution in [1.82, 2.24) is 0 Å². The maximum atomic E-state index is 14.3. The molecule has 2 N–H and O–H groups in total. The number of nitrogens with two attached hydrogens (primary N) is 1. The average Bonchev–Trinajstić information content (AvgIpc) is 2.85. The minimum Gasteiger partial charge on any atom is -0.467 e. The van der Waals surface area contributed by atoms with Gasteiger partial charge in [0, 0.05) is 10.6 Å². The average molecular weight is 427 g/mol. The van der Waals surface area contributed by atoms with Gasteiger partial charge in [0.2, 0.25) is 17.4 Å². The third-order valence-electron chi connectivity index (χ3n) is 4.20. The van der Waals surface area contributed by atoms with Crippen molar-refractivity contribution in [2.75, 3.05) is 0 Å². The van der Waals surface area contributed by atoms with Gasteiger partial charge in [-0.1, -0.05) is 48.0 Å². The summed E-state index contributed by atoms with van der Waals surface area (Å²) in [6.45, 7) is 0. The summed E-state index contributed by atoms with van der Waals surface area (Å²) in [5.41, 5.74) is 2.67. The van der Waals surface area contributed by atoms with Crippen LogP contribution < -0.4 is 5.73 Å². The van der Waals surface area contributed by atoms with E-state index < -0.39 is 49.0 Å². The van der Waals surface area contributed by atoms with Gasteiger partial charge in [-0.3, -0.25) is 4.79 Å². The minimum atomic E-state index is -4.86. The van der Waals surface area contributed by atoms with Crippen LogP contribution >= 0.6 is 11.6 Å². The summed E-state index contributed by atoms with van der Waals surface area (Å²) in [5.74, 6) is -3.97. The summed E-state index contributed by atoms with van der Waals surface area (Å²) >= 11 is 5.68. The first kappa shape index (κ1) is 21.3. The van der Waals surface area contributed by atoms with E-state index in [0.29, 0.717) is 0 Å². The van der Waals surface area contributed by atoms with Crippen molar-refractivity contribution in [1.29, 1.82) is 0 Å². The number of benzene rings is 2. The van der Waals surface area contributed by atoms with Crippen molar-refractivity contribution in [3.05, 3.63) is 82.1 Å². The zero-order valence-electron chi connectivity index (χ0n) is 14.6. The van der Waals surface area contributed by atoms with E-state index in [1.807, 2.05) is 0 Å². The fourth-order valence-corrected chi connectivity index (χ4v) is 3.71. The van der Waals surface area contributed by atoms with E-state index in [1.165, 1.54) is 30.3 Å². The lowest BCUT2D eigenvalue weighted by Gasteiger charge is -2.26. The topological polar surface area (TPSA) is 95.7 Å². The van der Waals surface area contributed by atoms with Crippen LogP contribution in [-0.2, 0) is 33.9 Å². The zero-order chi connectivity index (χ0) is 21.6. The molecule has 142 valence electrons. The highest BCUT2D eigenvalue weighted by Gasteiger charge is 2.51. The van der Waals surface area contributed by atoms with E-state index in [2.05, 4.69) is 0 Å². The lowest BCUT2D eigenvalue weighted by molar-refractivity contribution is -0.126. The second-order valence-electron chi connectivity index (χ2n) is 6.18. The van der Waals surface area contributed by atoms with Crippen LogP contribution in [0.15, 0.2) is 60.2 Å². The molecular formula is C17H10B3ClFNO5S. The molecule has 0 spiro atoms. The molecule has 29 heavy (non-hydrogen) atoms. The summed E-state index contributed by atoms with van der Waals surface area (Å²) in [4.78, 5) is 12.8. The van der Waals surface area contributed by atoms with Crippen molar-refractivity contribution >= 4 is 51.0 Å². The molecule has 0 amide bonds. The number of ketones is 1. The first-order chi connectivity index (χ1) is 13.4. The predicted octanol–water partition coefficient (Wildman–Crippen LogP) is 1.02. The lowest BCUT2D eigenvalue weighted by atomic mass is 9.65. The first-order valence-electron chi connectivity index (χ1n) is 7.95. The molecule has 1 aliphatic rings. The first-order valence-corrected chi connectivity index (χ1v) is 9.74. The fraction of sp³-hybridized carbons (Fsp3) is 0.118. The molecule has 0 bridgehead atoms. The van der Waals surface area contributed by atoms with Gasteiger partial charge in [0.15, 0.2) is 13.3 Å². The van der Waals surface area contributed by atoms with Crippen LogP contribution in [-0.4, -0.2) is 37.7 Å². The third-order valence-corrected chi connectivity index (χ3v) is 5.89. The largest absolute Gasteiger partial charge is 0.467 e. The van der Waals surface area contributed by atoms with E-state index in [4.69, 9.17) is 49.8 Å². The molecule has 6 radical (unpaired) electrons. The molecule has 12 heteroatoms. The standard InChI is InChI=1S/C17H10B3ClFNO5S/c18-16(11-7-6-10(21)8-12(11)22)14(24)13(15(23)27-16)28-29(25,26)17(19,20)9-4-2-1-3-5-9/h1-8H,23H2. The maximum Gasteiger partial charge on any atom is 0.302 e. The van der Waals surface area contributed by atoms with Crippen molar-refractivity contribution in [3.63, 3.8) is 0 Å². The van der Waals surface area contributed by atoms with Crippen LogP contribution in [0.5, 0.6) is 0 Å². The number of ether oxygens (including phenoxy) is 1.